The lowest BCUT2D eigenvalue weighted by Crippen LogP contribution is -2.44. The van der Waals surface area contributed by atoms with Gasteiger partial charge in [0.2, 0.25) is 0 Å². The van der Waals surface area contributed by atoms with E-state index in [-0.39, 0.29) is 11.5 Å². The maximum Gasteiger partial charge on any atom is 0.259 e. The summed E-state index contributed by atoms with van der Waals surface area (Å²) < 4.78 is 6.04. The quantitative estimate of drug-likeness (QED) is 0.796. The number of hydrogen-bond donors (Lipinski definition) is 0. The zero-order valence-corrected chi connectivity index (χ0v) is 11.2. The van der Waals surface area contributed by atoms with Crippen LogP contribution in [0.1, 0.15) is 23.2 Å². The summed E-state index contributed by atoms with van der Waals surface area (Å²) in [6.07, 6.45) is 2.07. The van der Waals surface area contributed by atoms with Crippen LogP contribution in [0.25, 0.3) is 0 Å². The van der Waals surface area contributed by atoms with Gasteiger partial charge in [-0.15, -0.1) is 0 Å². The van der Waals surface area contributed by atoms with Gasteiger partial charge in [-0.3, -0.25) is 4.79 Å². The van der Waals surface area contributed by atoms with E-state index in [1.165, 1.54) is 0 Å². The fourth-order valence-corrected chi connectivity index (χ4v) is 3.16. The molecule has 0 N–H and O–H groups in total. The molecule has 1 saturated carbocycles. The predicted octanol–water partition coefficient (Wildman–Crippen LogP) is 3.32. The zero-order chi connectivity index (χ0) is 12.9. The first-order valence-corrected chi connectivity index (χ1v) is 7.34. The second-order valence-corrected chi connectivity index (χ2v) is 5.94. The third-order valence-electron chi connectivity index (χ3n) is 3.75. The lowest BCUT2D eigenvalue weighted by atomic mass is 10.1. The van der Waals surface area contributed by atoms with Crippen molar-refractivity contribution in [3.63, 3.8) is 0 Å². The second kappa shape index (κ2) is 3.84. The number of carbonyl (C=O) groups is 1. The molecular formula is C15H13NO2S. The standard InChI is InChI=1S/C15H13NO2S/c17-14(11-5-8-19-9-11)16-10-15(6-7-15)18-13-4-2-1-3-12(13)16/h1-5,8-9H,6-7,10H2. The molecule has 19 heavy (non-hydrogen) atoms. The molecule has 3 nitrogen and oxygen atoms in total. The molecule has 1 fully saturated rings. The summed E-state index contributed by atoms with van der Waals surface area (Å²) in [5.41, 5.74) is 1.52. The van der Waals surface area contributed by atoms with Gasteiger partial charge in [-0.2, -0.15) is 11.3 Å². The molecule has 1 spiro atoms. The molecule has 1 aromatic carbocycles. The molecule has 4 heteroatoms. The van der Waals surface area contributed by atoms with E-state index in [0.29, 0.717) is 6.54 Å². The summed E-state index contributed by atoms with van der Waals surface area (Å²) in [6, 6.07) is 9.68. The first kappa shape index (κ1) is 11.1. The van der Waals surface area contributed by atoms with Crippen molar-refractivity contribution in [2.75, 3.05) is 11.4 Å². The molecule has 0 atom stereocenters. The minimum absolute atomic E-state index is 0.0725. The van der Waals surface area contributed by atoms with Crippen molar-refractivity contribution in [1.29, 1.82) is 0 Å². The highest BCUT2D eigenvalue weighted by molar-refractivity contribution is 7.08. The van der Waals surface area contributed by atoms with Gasteiger partial charge in [0.25, 0.3) is 5.91 Å². The molecule has 1 aliphatic heterocycles. The molecule has 2 aromatic rings. The van der Waals surface area contributed by atoms with E-state index >= 15 is 0 Å². The lowest BCUT2D eigenvalue weighted by molar-refractivity contribution is 0.0944. The van der Waals surface area contributed by atoms with Crippen LogP contribution in [0.2, 0.25) is 0 Å². The van der Waals surface area contributed by atoms with Crippen LogP contribution in [0.15, 0.2) is 41.1 Å². The van der Waals surface area contributed by atoms with E-state index in [2.05, 4.69) is 0 Å². The van der Waals surface area contributed by atoms with Crippen LogP contribution in [0, 0.1) is 0 Å². The monoisotopic (exact) mass is 271 g/mol. The smallest absolute Gasteiger partial charge is 0.259 e. The molecule has 2 aliphatic rings. The van der Waals surface area contributed by atoms with Gasteiger partial charge in [-0.05, 0) is 36.4 Å². The third-order valence-corrected chi connectivity index (χ3v) is 4.43. The van der Waals surface area contributed by atoms with Crippen molar-refractivity contribution in [3.8, 4) is 5.75 Å². The molecule has 0 saturated heterocycles. The van der Waals surface area contributed by atoms with Gasteiger partial charge >= 0.3 is 0 Å². The summed E-state index contributed by atoms with van der Waals surface area (Å²) in [5.74, 6) is 0.901. The minimum atomic E-state index is -0.125. The van der Waals surface area contributed by atoms with Crippen LogP contribution in [-0.4, -0.2) is 18.1 Å². The van der Waals surface area contributed by atoms with E-state index in [9.17, 15) is 4.79 Å². The van der Waals surface area contributed by atoms with Gasteiger partial charge in [-0.25, -0.2) is 0 Å². The van der Waals surface area contributed by atoms with Crippen LogP contribution in [0.5, 0.6) is 5.75 Å². The first-order chi connectivity index (χ1) is 9.27. The average molecular weight is 271 g/mol. The second-order valence-electron chi connectivity index (χ2n) is 5.16. The molecule has 0 radical (unpaired) electrons. The van der Waals surface area contributed by atoms with Crippen molar-refractivity contribution in [2.24, 2.45) is 0 Å². The van der Waals surface area contributed by atoms with E-state index in [1.54, 1.807) is 11.3 Å². The van der Waals surface area contributed by atoms with Gasteiger partial charge < -0.3 is 9.64 Å². The van der Waals surface area contributed by atoms with Crippen LogP contribution >= 0.6 is 11.3 Å². The zero-order valence-electron chi connectivity index (χ0n) is 10.3. The fourth-order valence-electron chi connectivity index (χ4n) is 2.53. The van der Waals surface area contributed by atoms with Crippen LogP contribution in [0.3, 0.4) is 0 Å². The van der Waals surface area contributed by atoms with E-state index in [1.807, 2.05) is 46.0 Å². The Kier molecular flexibility index (Phi) is 2.23. The van der Waals surface area contributed by atoms with Crippen LogP contribution < -0.4 is 9.64 Å². The summed E-state index contributed by atoms with van der Waals surface area (Å²) in [5, 5.41) is 3.84. The number of benzene rings is 1. The maximum atomic E-state index is 12.6. The van der Waals surface area contributed by atoms with Gasteiger partial charge in [0.05, 0.1) is 17.8 Å². The minimum Gasteiger partial charge on any atom is -0.483 e. The third kappa shape index (κ3) is 1.75. The number of para-hydroxylation sites is 2. The molecule has 1 aliphatic carbocycles. The van der Waals surface area contributed by atoms with Crippen molar-refractivity contribution < 1.29 is 9.53 Å². The number of ether oxygens (including phenoxy) is 1. The topological polar surface area (TPSA) is 29.5 Å². The normalized spacial score (nSPS) is 18.8. The molecule has 1 amide bonds. The Balaban J connectivity index is 1.77. The van der Waals surface area contributed by atoms with Crippen LogP contribution in [-0.2, 0) is 0 Å². The van der Waals surface area contributed by atoms with E-state index < -0.39 is 0 Å². The maximum absolute atomic E-state index is 12.6. The molecule has 1 aromatic heterocycles. The number of fused-ring (bicyclic) bond motifs is 1. The van der Waals surface area contributed by atoms with Crippen molar-refractivity contribution >= 4 is 22.9 Å². The summed E-state index contributed by atoms with van der Waals surface area (Å²) in [4.78, 5) is 14.5. The molecule has 2 heterocycles. The van der Waals surface area contributed by atoms with E-state index in [4.69, 9.17) is 4.74 Å². The highest BCUT2D eigenvalue weighted by atomic mass is 32.1. The first-order valence-electron chi connectivity index (χ1n) is 6.40. The number of thiophene rings is 1. The Labute approximate surface area is 115 Å². The van der Waals surface area contributed by atoms with Gasteiger partial charge in [-0.1, -0.05) is 12.1 Å². The lowest BCUT2D eigenvalue weighted by Gasteiger charge is -2.35. The van der Waals surface area contributed by atoms with Crippen molar-refractivity contribution in [1.82, 2.24) is 0 Å². The number of rotatable bonds is 1. The predicted molar refractivity (Wildman–Crippen MR) is 75.0 cm³/mol. The van der Waals surface area contributed by atoms with Gasteiger partial charge in [0.1, 0.15) is 11.4 Å². The van der Waals surface area contributed by atoms with Gasteiger partial charge in [0.15, 0.2) is 0 Å². The van der Waals surface area contributed by atoms with Crippen LogP contribution in [0.4, 0.5) is 5.69 Å². The number of carbonyl (C=O) groups excluding carboxylic acids is 1. The number of anilines is 1. The highest BCUT2D eigenvalue weighted by Gasteiger charge is 2.51. The van der Waals surface area contributed by atoms with Crippen molar-refractivity contribution in [3.05, 3.63) is 46.7 Å². The number of nitrogens with zero attached hydrogens (tertiary/aromatic N) is 1. The SMILES string of the molecule is O=C(c1ccsc1)N1CC2(CC2)Oc2ccccc21. The summed E-state index contributed by atoms with van der Waals surface area (Å²) in [6.45, 7) is 0.665. The Morgan fingerprint density at radius 1 is 1.26 bits per heavy atom. The largest absolute Gasteiger partial charge is 0.483 e. The molecule has 0 bridgehead atoms. The molecule has 4 rings (SSSR count). The number of amides is 1. The molecular weight excluding hydrogens is 258 g/mol. The average Bonchev–Trinajstić information content (AvgIpc) is 2.97. The Morgan fingerprint density at radius 2 is 2.11 bits per heavy atom. The Bertz CT molecular complexity index is 631. The van der Waals surface area contributed by atoms with Crippen molar-refractivity contribution in [2.45, 2.75) is 18.4 Å². The number of hydrogen-bond acceptors (Lipinski definition) is 3. The highest BCUT2D eigenvalue weighted by Crippen LogP contribution is 2.48. The summed E-state index contributed by atoms with van der Waals surface area (Å²) >= 11 is 1.55. The molecule has 96 valence electrons. The van der Waals surface area contributed by atoms with Gasteiger partial charge in [0, 0.05) is 5.38 Å². The van der Waals surface area contributed by atoms with E-state index in [0.717, 1.165) is 29.8 Å². The Hall–Kier alpha value is -1.81. The fraction of sp³-hybridized carbons (Fsp3) is 0.267. The molecule has 0 unspecified atom stereocenters. The summed E-state index contributed by atoms with van der Waals surface area (Å²) in [7, 11) is 0. The Morgan fingerprint density at radius 3 is 2.84 bits per heavy atom.